The number of rotatable bonds is 14. The molecule has 8 rings (SSSR count). The molecule has 3 atom stereocenters. The molecule has 0 saturated carbocycles. The molecule has 4 aromatic rings. The lowest BCUT2D eigenvalue weighted by Gasteiger charge is -2.45. The summed E-state index contributed by atoms with van der Waals surface area (Å²) < 4.78 is 0. The first-order valence-electron chi connectivity index (χ1n) is 20.9. The van der Waals surface area contributed by atoms with Crippen molar-refractivity contribution in [3.8, 4) is 5.75 Å². The quantitative estimate of drug-likeness (QED) is 0.140. The van der Waals surface area contributed by atoms with Crippen LogP contribution in [0, 0.1) is 5.92 Å². The van der Waals surface area contributed by atoms with Crippen LogP contribution in [0.3, 0.4) is 0 Å². The number of aromatic hydroxyl groups is 1. The summed E-state index contributed by atoms with van der Waals surface area (Å²) in [5.41, 5.74) is 10.8. The molecule has 9 nitrogen and oxygen atoms in total. The fourth-order valence-corrected chi connectivity index (χ4v) is 10.3. The number of fused-ring (bicyclic) bond motifs is 2. The van der Waals surface area contributed by atoms with Gasteiger partial charge in [-0.05, 0) is 127 Å². The van der Waals surface area contributed by atoms with Crippen LogP contribution in [0.4, 0.5) is 5.69 Å². The second-order valence-corrected chi connectivity index (χ2v) is 16.9. The number of anilines is 1. The molecule has 3 aliphatic heterocycles. The number of carbonyl (C=O) groups excluding carboxylic acids is 3. The third-order valence-electron chi connectivity index (χ3n) is 13.4. The van der Waals surface area contributed by atoms with Gasteiger partial charge >= 0.3 is 0 Å². The summed E-state index contributed by atoms with van der Waals surface area (Å²) in [4.78, 5) is 45.5. The summed E-state index contributed by atoms with van der Waals surface area (Å²) in [5.74, 6) is 1.58. The molecule has 298 valence electrons. The number of nitrogens with zero attached hydrogens (tertiary/aromatic N) is 4. The third kappa shape index (κ3) is 8.43. The Morgan fingerprint density at radius 3 is 2.33 bits per heavy atom. The normalized spacial score (nSPS) is 20.8. The molecular formula is C48H57N5O4. The Labute approximate surface area is 337 Å². The first-order valence-corrected chi connectivity index (χ1v) is 20.9. The van der Waals surface area contributed by atoms with Gasteiger partial charge in [-0.2, -0.15) is 0 Å². The summed E-state index contributed by atoms with van der Waals surface area (Å²) in [5, 5.41) is 12.9. The Balaban J connectivity index is 0.829. The molecule has 2 saturated heterocycles. The van der Waals surface area contributed by atoms with E-state index in [9.17, 15) is 19.5 Å². The second-order valence-electron chi connectivity index (χ2n) is 16.9. The molecule has 57 heavy (non-hydrogen) atoms. The first-order chi connectivity index (χ1) is 27.8. The van der Waals surface area contributed by atoms with E-state index in [4.69, 9.17) is 0 Å². The summed E-state index contributed by atoms with van der Waals surface area (Å²) in [6.07, 6.45) is 6.91. The van der Waals surface area contributed by atoms with E-state index in [1.54, 1.807) is 7.05 Å². The number of benzene rings is 4. The van der Waals surface area contributed by atoms with Crippen LogP contribution in [0.25, 0.3) is 0 Å². The first kappa shape index (κ1) is 39.0. The fourth-order valence-electron chi connectivity index (χ4n) is 10.3. The topological polar surface area (TPSA) is 96.4 Å². The standard InChI is InChI=1S/C48H57N5O4/c1-49-48(57)46(9-6-22-54)50(2)29-37-23-38-30-53(31-39(38)24-40(37)32-55)42-18-20-51(21-19-42)26-33-27-52(28-33)41-13-10-35(11-14-41)47-44(34-7-4-3-5-8-34)16-12-36-25-43(56)15-17-45(36)47/h3-5,7-8,10-11,13-15,17,22-25,32-33,42,44,46-47,56H,6,9,12,16,18-21,26-31H2,1-2H3,(H,49,57). The highest BCUT2D eigenvalue weighted by atomic mass is 16.3. The Hall–Kier alpha value is -4.83. The number of piperidine rings is 1. The van der Waals surface area contributed by atoms with Crippen molar-refractivity contribution in [1.29, 1.82) is 0 Å². The Bertz CT molecular complexity index is 2040. The number of carbonyl (C=O) groups is 3. The van der Waals surface area contributed by atoms with E-state index in [-0.39, 0.29) is 11.8 Å². The van der Waals surface area contributed by atoms with E-state index in [1.165, 1.54) is 39.1 Å². The zero-order chi connectivity index (χ0) is 39.5. The lowest BCUT2D eigenvalue weighted by atomic mass is 9.69. The van der Waals surface area contributed by atoms with Gasteiger partial charge in [0.05, 0.1) is 6.04 Å². The molecular weight excluding hydrogens is 711 g/mol. The van der Waals surface area contributed by atoms with E-state index >= 15 is 0 Å². The van der Waals surface area contributed by atoms with Gasteiger partial charge in [-0.1, -0.05) is 54.6 Å². The monoisotopic (exact) mass is 767 g/mol. The van der Waals surface area contributed by atoms with Crippen molar-refractivity contribution < 1.29 is 19.5 Å². The predicted molar refractivity (Wildman–Crippen MR) is 225 cm³/mol. The van der Waals surface area contributed by atoms with Gasteiger partial charge in [0.2, 0.25) is 5.91 Å². The maximum atomic E-state index is 12.6. The Morgan fingerprint density at radius 2 is 1.63 bits per heavy atom. The van der Waals surface area contributed by atoms with Crippen LogP contribution in [0.15, 0.2) is 84.9 Å². The molecule has 0 bridgehead atoms. The molecule has 2 N–H and O–H groups in total. The molecule has 3 unspecified atom stereocenters. The molecule has 0 spiro atoms. The highest BCUT2D eigenvalue weighted by Gasteiger charge is 2.35. The number of nitrogens with one attached hydrogen (secondary N) is 1. The summed E-state index contributed by atoms with van der Waals surface area (Å²) >= 11 is 0. The molecule has 1 amide bonds. The molecule has 0 aromatic heterocycles. The van der Waals surface area contributed by atoms with E-state index < -0.39 is 6.04 Å². The van der Waals surface area contributed by atoms with E-state index in [0.29, 0.717) is 48.6 Å². The maximum absolute atomic E-state index is 12.6. The maximum Gasteiger partial charge on any atom is 0.237 e. The number of phenols is 1. The Kier molecular flexibility index (Phi) is 11.9. The number of hydrogen-bond acceptors (Lipinski definition) is 8. The lowest BCUT2D eigenvalue weighted by molar-refractivity contribution is -0.126. The van der Waals surface area contributed by atoms with E-state index in [0.717, 1.165) is 89.6 Å². The number of amides is 1. The van der Waals surface area contributed by atoms with Crippen LogP contribution in [-0.2, 0) is 35.6 Å². The van der Waals surface area contributed by atoms with Crippen LogP contribution in [-0.4, -0.2) is 97.2 Å². The fraction of sp³-hybridized carbons (Fsp3) is 0.438. The minimum atomic E-state index is -0.429. The van der Waals surface area contributed by atoms with Crippen molar-refractivity contribution in [2.45, 2.75) is 82.1 Å². The summed E-state index contributed by atoms with van der Waals surface area (Å²) in [7, 11) is 3.50. The molecule has 3 heterocycles. The number of aldehydes is 2. The van der Waals surface area contributed by atoms with Crippen LogP contribution in [0.1, 0.15) is 93.2 Å². The van der Waals surface area contributed by atoms with Gasteiger partial charge < -0.3 is 25.0 Å². The zero-order valence-electron chi connectivity index (χ0n) is 33.5. The van der Waals surface area contributed by atoms with Crippen molar-refractivity contribution in [2.24, 2.45) is 5.92 Å². The minimum absolute atomic E-state index is 0.117. The largest absolute Gasteiger partial charge is 0.508 e. The van der Waals surface area contributed by atoms with Crippen LogP contribution >= 0.6 is 0 Å². The van der Waals surface area contributed by atoms with Crippen molar-refractivity contribution in [1.82, 2.24) is 20.0 Å². The molecule has 9 heteroatoms. The van der Waals surface area contributed by atoms with Crippen LogP contribution in [0.5, 0.6) is 5.75 Å². The molecule has 4 aromatic carbocycles. The molecule has 1 aliphatic carbocycles. The van der Waals surface area contributed by atoms with Crippen LogP contribution < -0.4 is 10.2 Å². The number of likely N-dealkylation sites (tertiary alicyclic amines) is 1. The lowest BCUT2D eigenvalue weighted by Crippen LogP contribution is -2.53. The zero-order valence-corrected chi connectivity index (χ0v) is 33.5. The average Bonchev–Trinajstić information content (AvgIpc) is 3.64. The molecule has 0 radical (unpaired) electrons. The number of likely N-dealkylation sites (N-methyl/N-ethyl adjacent to an activating group) is 2. The molecule has 2 fully saturated rings. The van der Waals surface area contributed by atoms with Crippen molar-refractivity contribution in [2.75, 3.05) is 51.7 Å². The smallest absolute Gasteiger partial charge is 0.237 e. The number of phenolic OH excluding ortho intramolecular Hbond substituents is 1. The predicted octanol–water partition coefficient (Wildman–Crippen LogP) is 6.51. The minimum Gasteiger partial charge on any atom is -0.508 e. The number of aryl methyl sites for hydroxylation is 1. The van der Waals surface area contributed by atoms with Gasteiger partial charge in [0.25, 0.3) is 0 Å². The third-order valence-corrected chi connectivity index (χ3v) is 13.4. The van der Waals surface area contributed by atoms with Gasteiger partial charge in [0, 0.05) is 81.9 Å². The average molecular weight is 768 g/mol. The van der Waals surface area contributed by atoms with Gasteiger partial charge in [-0.15, -0.1) is 0 Å². The Morgan fingerprint density at radius 1 is 0.895 bits per heavy atom. The van der Waals surface area contributed by atoms with Crippen molar-refractivity contribution in [3.05, 3.63) is 129 Å². The van der Waals surface area contributed by atoms with Gasteiger partial charge in [0.1, 0.15) is 18.3 Å². The summed E-state index contributed by atoms with van der Waals surface area (Å²) in [6.45, 7) is 7.80. The SMILES string of the molecule is CNC(=O)C(CCC=O)N(C)Cc1cc2c(cc1C=O)CN(C1CCN(CC3CN(c4ccc(C5c6ccc(O)cc6CCC5c5ccccc5)cc4)C3)CC1)C2. The molecule has 4 aliphatic rings. The van der Waals surface area contributed by atoms with E-state index in [2.05, 4.69) is 92.8 Å². The van der Waals surface area contributed by atoms with Gasteiger partial charge in [0.15, 0.2) is 0 Å². The van der Waals surface area contributed by atoms with Gasteiger partial charge in [-0.3, -0.25) is 19.4 Å². The number of hydrogen-bond donors (Lipinski definition) is 2. The van der Waals surface area contributed by atoms with Crippen molar-refractivity contribution >= 4 is 24.2 Å². The van der Waals surface area contributed by atoms with Gasteiger partial charge in [-0.25, -0.2) is 0 Å². The summed E-state index contributed by atoms with van der Waals surface area (Å²) in [6, 6.07) is 30.5. The van der Waals surface area contributed by atoms with Crippen molar-refractivity contribution in [3.63, 3.8) is 0 Å². The highest BCUT2D eigenvalue weighted by molar-refractivity contribution is 5.82. The highest BCUT2D eigenvalue weighted by Crippen LogP contribution is 2.47. The van der Waals surface area contributed by atoms with E-state index in [1.807, 2.05) is 24.1 Å². The van der Waals surface area contributed by atoms with Crippen LogP contribution in [0.2, 0.25) is 0 Å². The second kappa shape index (κ2) is 17.3.